The van der Waals surface area contributed by atoms with Crippen molar-refractivity contribution < 1.29 is 27.4 Å². The van der Waals surface area contributed by atoms with Crippen LogP contribution in [-0.4, -0.2) is 31.2 Å². The Morgan fingerprint density at radius 1 is 1.19 bits per heavy atom. The molecule has 3 rings (SSSR count). The van der Waals surface area contributed by atoms with E-state index in [1.54, 1.807) is 23.7 Å². The number of halogens is 3. The molecule has 1 aromatic heterocycles. The normalized spacial score (nSPS) is 11.6. The molecule has 0 aliphatic rings. The summed E-state index contributed by atoms with van der Waals surface area (Å²) in [7, 11) is 1.48. The van der Waals surface area contributed by atoms with Crippen molar-refractivity contribution in [2.24, 2.45) is 0 Å². The topological polar surface area (TPSA) is 60.5 Å². The van der Waals surface area contributed by atoms with E-state index in [1.165, 1.54) is 24.5 Å². The van der Waals surface area contributed by atoms with Gasteiger partial charge in [0, 0.05) is 12.7 Å². The fourth-order valence-corrected chi connectivity index (χ4v) is 3.07. The van der Waals surface area contributed by atoms with E-state index in [4.69, 9.17) is 9.47 Å². The predicted molar refractivity (Wildman–Crippen MR) is 96.4 cm³/mol. The third-order valence-corrected chi connectivity index (χ3v) is 4.49. The molecule has 1 amide bonds. The molecule has 27 heavy (non-hydrogen) atoms. The highest BCUT2D eigenvalue weighted by Gasteiger charge is 2.31. The summed E-state index contributed by atoms with van der Waals surface area (Å²) in [6.45, 7) is 0.397. The molecule has 0 aliphatic carbocycles. The predicted octanol–water partition coefficient (Wildman–Crippen LogP) is 4.59. The summed E-state index contributed by atoms with van der Waals surface area (Å²) >= 11 is 1.37. The number of alkyl halides is 3. The molecule has 0 fully saturated rings. The van der Waals surface area contributed by atoms with Crippen LogP contribution >= 0.6 is 11.3 Å². The molecule has 0 spiro atoms. The summed E-state index contributed by atoms with van der Waals surface area (Å²) < 4.78 is 50.2. The Morgan fingerprint density at radius 2 is 2.00 bits per heavy atom. The van der Waals surface area contributed by atoms with E-state index in [1.807, 2.05) is 0 Å². The number of amides is 1. The molecule has 3 aromatic rings. The number of ether oxygens (including phenoxy) is 2. The summed E-state index contributed by atoms with van der Waals surface area (Å²) in [4.78, 5) is 16.7. The Labute approximate surface area is 156 Å². The molecule has 0 aliphatic heterocycles. The number of benzene rings is 2. The van der Waals surface area contributed by atoms with Crippen molar-refractivity contribution in [2.75, 3.05) is 25.6 Å². The maximum Gasteiger partial charge on any atom is 0.416 e. The first-order valence-electron chi connectivity index (χ1n) is 7.86. The van der Waals surface area contributed by atoms with Crippen LogP contribution in [0.4, 0.5) is 18.9 Å². The van der Waals surface area contributed by atoms with Crippen LogP contribution in [0.1, 0.15) is 15.9 Å². The van der Waals surface area contributed by atoms with Gasteiger partial charge in [-0.05, 0) is 36.4 Å². The quantitative estimate of drug-likeness (QED) is 0.619. The molecule has 5 nitrogen and oxygen atoms in total. The van der Waals surface area contributed by atoms with Crippen LogP contribution in [-0.2, 0) is 10.9 Å². The van der Waals surface area contributed by atoms with Crippen molar-refractivity contribution >= 4 is 33.1 Å². The van der Waals surface area contributed by atoms with E-state index in [9.17, 15) is 18.0 Å². The van der Waals surface area contributed by atoms with Gasteiger partial charge in [-0.1, -0.05) is 0 Å². The van der Waals surface area contributed by atoms with Crippen LogP contribution in [0.25, 0.3) is 10.2 Å². The molecule has 1 heterocycles. The van der Waals surface area contributed by atoms with E-state index >= 15 is 0 Å². The number of carbonyl (C=O) groups is 1. The van der Waals surface area contributed by atoms with Crippen LogP contribution in [0.15, 0.2) is 41.9 Å². The standard InChI is InChI=1S/C18H15F3N2O3S/c1-25-6-7-26-15-5-3-12(18(19,20)21)9-14(15)23-17(24)11-2-4-13-16(8-11)27-10-22-13/h2-5,8-10H,6-7H2,1H3,(H,23,24). The van der Waals surface area contributed by atoms with Gasteiger partial charge < -0.3 is 14.8 Å². The number of nitrogens with one attached hydrogen (secondary N) is 1. The number of hydrogen-bond donors (Lipinski definition) is 1. The minimum atomic E-state index is -4.54. The lowest BCUT2D eigenvalue weighted by Gasteiger charge is -2.15. The van der Waals surface area contributed by atoms with Crippen LogP contribution in [0, 0.1) is 0 Å². The Bertz CT molecular complexity index is 956. The number of fused-ring (bicyclic) bond motifs is 1. The van der Waals surface area contributed by atoms with Crippen molar-refractivity contribution in [1.29, 1.82) is 0 Å². The number of carbonyl (C=O) groups excluding carboxylic acids is 1. The zero-order chi connectivity index (χ0) is 19.4. The monoisotopic (exact) mass is 396 g/mol. The SMILES string of the molecule is COCCOc1ccc(C(F)(F)F)cc1NC(=O)c1ccc2ncsc2c1. The molecular formula is C18H15F3N2O3S. The minimum Gasteiger partial charge on any atom is -0.489 e. The average Bonchev–Trinajstić information content (AvgIpc) is 3.09. The maximum absolute atomic E-state index is 13.0. The smallest absolute Gasteiger partial charge is 0.416 e. The first kappa shape index (κ1) is 19.1. The Balaban J connectivity index is 1.88. The second-order valence-electron chi connectivity index (χ2n) is 5.54. The van der Waals surface area contributed by atoms with E-state index < -0.39 is 17.6 Å². The van der Waals surface area contributed by atoms with E-state index in [0.29, 0.717) is 5.56 Å². The first-order chi connectivity index (χ1) is 12.9. The third kappa shape index (κ3) is 4.55. The molecule has 0 radical (unpaired) electrons. The fraction of sp³-hybridized carbons (Fsp3) is 0.222. The zero-order valence-electron chi connectivity index (χ0n) is 14.2. The Hall–Kier alpha value is -2.65. The number of anilines is 1. The molecule has 0 unspecified atom stereocenters. The van der Waals surface area contributed by atoms with Crippen LogP contribution in [0.2, 0.25) is 0 Å². The van der Waals surface area contributed by atoms with Crippen LogP contribution in [0.5, 0.6) is 5.75 Å². The van der Waals surface area contributed by atoms with Gasteiger partial charge >= 0.3 is 6.18 Å². The molecule has 2 aromatic carbocycles. The lowest BCUT2D eigenvalue weighted by atomic mass is 10.1. The van der Waals surface area contributed by atoms with E-state index in [2.05, 4.69) is 10.3 Å². The summed E-state index contributed by atoms with van der Waals surface area (Å²) in [6.07, 6.45) is -4.54. The Kier molecular flexibility index (Phi) is 5.62. The van der Waals surface area contributed by atoms with Gasteiger partial charge in [0.15, 0.2) is 0 Å². The highest BCUT2D eigenvalue weighted by atomic mass is 32.1. The minimum absolute atomic E-state index is 0.0599. The fourth-order valence-electron chi connectivity index (χ4n) is 2.36. The maximum atomic E-state index is 13.0. The molecule has 142 valence electrons. The van der Waals surface area contributed by atoms with E-state index in [-0.39, 0.29) is 24.7 Å². The molecule has 0 bridgehead atoms. The van der Waals surface area contributed by atoms with Gasteiger partial charge in [-0.25, -0.2) is 4.98 Å². The van der Waals surface area contributed by atoms with Crippen LogP contribution < -0.4 is 10.1 Å². The van der Waals surface area contributed by atoms with Gasteiger partial charge in [-0.2, -0.15) is 13.2 Å². The van der Waals surface area contributed by atoms with Gasteiger partial charge in [-0.15, -0.1) is 11.3 Å². The van der Waals surface area contributed by atoms with Gasteiger partial charge in [0.05, 0.1) is 33.6 Å². The van der Waals surface area contributed by atoms with Crippen molar-refractivity contribution in [1.82, 2.24) is 4.98 Å². The summed E-state index contributed by atoms with van der Waals surface area (Å²) in [6, 6.07) is 7.83. The van der Waals surface area contributed by atoms with Gasteiger partial charge in [0.25, 0.3) is 5.91 Å². The first-order valence-corrected chi connectivity index (χ1v) is 8.74. The van der Waals surface area contributed by atoms with Gasteiger partial charge in [-0.3, -0.25) is 4.79 Å². The number of aromatic nitrogens is 1. The van der Waals surface area contributed by atoms with Crippen molar-refractivity contribution in [3.8, 4) is 5.75 Å². The second-order valence-corrected chi connectivity index (χ2v) is 6.43. The third-order valence-electron chi connectivity index (χ3n) is 3.69. The van der Waals surface area contributed by atoms with Gasteiger partial charge in [0.1, 0.15) is 12.4 Å². The molecule has 9 heteroatoms. The van der Waals surface area contributed by atoms with Crippen molar-refractivity contribution in [3.63, 3.8) is 0 Å². The lowest BCUT2D eigenvalue weighted by Crippen LogP contribution is -2.15. The number of rotatable bonds is 6. The number of nitrogens with zero attached hydrogens (tertiary/aromatic N) is 1. The van der Waals surface area contributed by atoms with Gasteiger partial charge in [0.2, 0.25) is 0 Å². The number of hydrogen-bond acceptors (Lipinski definition) is 5. The molecular weight excluding hydrogens is 381 g/mol. The lowest BCUT2D eigenvalue weighted by molar-refractivity contribution is -0.137. The molecule has 0 saturated carbocycles. The number of methoxy groups -OCH3 is 1. The Morgan fingerprint density at radius 3 is 2.74 bits per heavy atom. The second kappa shape index (κ2) is 7.93. The summed E-state index contributed by atoms with van der Waals surface area (Å²) in [5, 5.41) is 2.50. The average molecular weight is 396 g/mol. The summed E-state index contributed by atoms with van der Waals surface area (Å²) in [5.74, 6) is -0.409. The molecule has 0 saturated heterocycles. The van der Waals surface area contributed by atoms with E-state index in [0.717, 1.165) is 22.3 Å². The zero-order valence-corrected chi connectivity index (χ0v) is 15.0. The van der Waals surface area contributed by atoms with Crippen molar-refractivity contribution in [3.05, 3.63) is 53.0 Å². The largest absolute Gasteiger partial charge is 0.489 e. The van der Waals surface area contributed by atoms with Crippen molar-refractivity contribution in [2.45, 2.75) is 6.18 Å². The highest BCUT2D eigenvalue weighted by molar-refractivity contribution is 7.16. The molecule has 1 N–H and O–H groups in total. The molecule has 0 atom stereocenters. The highest BCUT2D eigenvalue weighted by Crippen LogP contribution is 2.35. The summed E-state index contributed by atoms with van der Waals surface area (Å²) in [5.41, 5.74) is 1.78. The van der Waals surface area contributed by atoms with Crippen LogP contribution in [0.3, 0.4) is 0 Å². The number of thiazole rings is 1.